The summed E-state index contributed by atoms with van der Waals surface area (Å²) in [6, 6.07) is 6.30. The molecule has 1 atom stereocenters. The summed E-state index contributed by atoms with van der Waals surface area (Å²) in [5.74, 6) is -2.27. The molecule has 2 amide bonds. The maximum Gasteiger partial charge on any atom is 0.317 e. The van der Waals surface area contributed by atoms with Crippen LogP contribution in [0.3, 0.4) is 0 Å². The zero-order valence-corrected chi connectivity index (χ0v) is 16.4. The van der Waals surface area contributed by atoms with Crippen molar-refractivity contribution in [3.8, 4) is 0 Å². The number of aliphatic hydroxyl groups excluding tert-OH is 1. The van der Waals surface area contributed by atoms with Crippen molar-refractivity contribution in [3.63, 3.8) is 0 Å². The second kappa shape index (κ2) is 10.2. The number of carbonyl (C=O) groups is 4. The van der Waals surface area contributed by atoms with E-state index in [1.54, 1.807) is 24.3 Å². The fraction of sp³-hybridized carbons (Fsp3) is 0.524. The molecular formula is C21H28N2O6. The van der Waals surface area contributed by atoms with Crippen molar-refractivity contribution in [2.45, 2.75) is 51.6 Å². The predicted octanol–water partition coefficient (Wildman–Crippen LogP) is 1.57. The van der Waals surface area contributed by atoms with Crippen LogP contribution in [-0.4, -0.2) is 40.3 Å². The van der Waals surface area contributed by atoms with E-state index in [1.807, 2.05) is 0 Å². The summed E-state index contributed by atoms with van der Waals surface area (Å²) < 4.78 is 0. The van der Waals surface area contributed by atoms with Crippen LogP contribution < -0.4 is 11.1 Å². The monoisotopic (exact) mass is 404 g/mol. The molecule has 0 radical (unpaired) electrons. The van der Waals surface area contributed by atoms with Gasteiger partial charge in [-0.25, -0.2) is 4.79 Å². The van der Waals surface area contributed by atoms with Crippen LogP contribution in [0.15, 0.2) is 24.3 Å². The minimum absolute atomic E-state index is 0.0878. The van der Waals surface area contributed by atoms with E-state index in [0.29, 0.717) is 32.1 Å². The summed E-state index contributed by atoms with van der Waals surface area (Å²) in [5.41, 5.74) is 5.18. The lowest BCUT2D eigenvalue weighted by atomic mass is 9.64. The van der Waals surface area contributed by atoms with Crippen molar-refractivity contribution >= 4 is 23.6 Å². The lowest BCUT2D eigenvalue weighted by Gasteiger charge is -2.36. The molecule has 2 rings (SSSR count). The maximum absolute atomic E-state index is 12.9. The molecule has 5 N–H and O–H groups in total. The Kier molecular flexibility index (Phi) is 7.90. The van der Waals surface area contributed by atoms with Gasteiger partial charge in [0.25, 0.3) is 0 Å². The van der Waals surface area contributed by atoms with Gasteiger partial charge in [0.2, 0.25) is 0 Å². The van der Waals surface area contributed by atoms with Gasteiger partial charge in [-0.05, 0) is 36.8 Å². The number of carbonyl (C=O) groups excluding carboxylic acids is 3. The van der Waals surface area contributed by atoms with Gasteiger partial charge in [-0.3, -0.25) is 14.4 Å². The molecule has 1 aromatic rings. The number of nitrogens with one attached hydrogen (secondary N) is 1. The third-order valence-electron chi connectivity index (χ3n) is 5.65. The van der Waals surface area contributed by atoms with Gasteiger partial charge >= 0.3 is 12.0 Å². The molecule has 8 nitrogen and oxygen atoms in total. The van der Waals surface area contributed by atoms with E-state index in [0.717, 1.165) is 11.1 Å². The van der Waals surface area contributed by atoms with E-state index in [1.165, 1.54) is 0 Å². The summed E-state index contributed by atoms with van der Waals surface area (Å²) in [6.45, 7) is 0.193. The minimum atomic E-state index is -1.35. The highest BCUT2D eigenvalue weighted by Gasteiger charge is 2.51. The largest absolute Gasteiger partial charge is 0.480 e. The van der Waals surface area contributed by atoms with E-state index >= 15 is 0 Å². The SMILES string of the molecule is NC(=O)NCCC[C@H](CC(=O)C1(C(=O)O)CCC1)C(=O)Cc1ccc(CO)cc1. The molecule has 1 saturated carbocycles. The molecule has 0 spiro atoms. The van der Waals surface area contributed by atoms with Crippen LogP contribution in [0.2, 0.25) is 0 Å². The zero-order chi connectivity index (χ0) is 21.4. The fourth-order valence-corrected chi connectivity index (χ4v) is 3.61. The molecule has 0 heterocycles. The molecule has 1 fully saturated rings. The van der Waals surface area contributed by atoms with Crippen LogP contribution >= 0.6 is 0 Å². The predicted molar refractivity (Wildman–Crippen MR) is 105 cm³/mol. The van der Waals surface area contributed by atoms with Crippen molar-refractivity contribution in [3.05, 3.63) is 35.4 Å². The lowest BCUT2D eigenvalue weighted by Crippen LogP contribution is -2.46. The zero-order valence-electron chi connectivity index (χ0n) is 16.4. The Morgan fingerprint density at radius 2 is 1.72 bits per heavy atom. The van der Waals surface area contributed by atoms with Crippen LogP contribution in [0.4, 0.5) is 4.79 Å². The molecule has 0 aromatic heterocycles. The first-order valence-electron chi connectivity index (χ1n) is 9.80. The highest BCUT2D eigenvalue weighted by molar-refractivity contribution is 6.05. The number of benzene rings is 1. The number of urea groups is 1. The van der Waals surface area contributed by atoms with Gasteiger partial charge in [-0.2, -0.15) is 0 Å². The first kappa shape index (κ1) is 22.5. The third kappa shape index (κ3) is 5.87. The Labute approximate surface area is 169 Å². The summed E-state index contributed by atoms with van der Waals surface area (Å²) >= 11 is 0. The van der Waals surface area contributed by atoms with Crippen molar-refractivity contribution in [1.82, 2.24) is 5.32 Å². The number of rotatable bonds is 12. The molecule has 0 bridgehead atoms. The minimum Gasteiger partial charge on any atom is -0.480 e. The number of hydrogen-bond acceptors (Lipinski definition) is 5. The number of aliphatic carboxylic acids is 1. The van der Waals surface area contributed by atoms with Gasteiger partial charge in [-0.1, -0.05) is 30.7 Å². The molecule has 8 heteroatoms. The highest BCUT2D eigenvalue weighted by atomic mass is 16.4. The number of primary amides is 1. The number of aliphatic hydroxyl groups is 1. The van der Waals surface area contributed by atoms with E-state index in [4.69, 9.17) is 10.8 Å². The van der Waals surface area contributed by atoms with E-state index in [2.05, 4.69) is 5.32 Å². The van der Waals surface area contributed by atoms with Crippen LogP contribution in [-0.2, 0) is 27.4 Å². The van der Waals surface area contributed by atoms with Crippen molar-refractivity contribution in [2.75, 3.05) is 6.54 Å². The Morgan fingerprint density at radius 1 is 1.10 bits per heavy atom. The molecule has 0 aliphatic heterocycles. The van der Waals surface area contributed by atoms with Gasteiger partial charge in [0.15, 0.2) is 5.78 Å². The molecule has 1 aromatic carbocycles. The summed E-state index contributed by atoms with van der Waals surface area (Å²) in [6.07, 6.45) is 2.13. The molecule has 1 aliphatic carbocycles. The molecular weight excluding hydrogens is 376 g/mol. The maximum atomic E-state index is 12.9. The summed E-state index contributed by atoms with van der Waals surface area (Å²) in [7, 11) is 0. The quantitative estimate of drug-likeness (QED) is 0.307. The molecule has 158 valence electrons. The number of carboxylic acids is 1. The van der Waals surface area contributed by atoms with Gasteiger partial charge in [-0.15, -0.1) is 0 Å². The number of carboxylic acid groups (broad SMARTS) is 1. The van der Waals surface area contributed by atoms with Gasteiger partial charge in [0, 0.05) is 25.3 Å². The van der Waals surface area contributed by atoms with Crippen LogP contribution in [0.1, 0.15) is 49.7 Å². The Balaban J connectivity index is 2.06. The molecule has 1 aliphatic rings. The standard InChI is InChI=1S/C21H28N2O6/c22-20(29)23-10-1-3-16(12-18(26)21(19(27)28)8-2-9-21)17(25)11-14-4-6-15(13-24)7-5-14/h4-7,16,24H,1-3,8-13H2,(H,27,28)(H3,22,23,29)/t16-/m1/s1. The smallest absolute Gasteiger partial charge is 0.317 e. The first-order chi connectivity index (χ1) is 13.8. The van der Waals surface area contributed by atoms with Crippen LogP contribution in [0.5, 0.6) is 0 Å². The third-order valence-corrected chi connectivity index (χ3v) is 5.65. The van der Waals surface area contributed by atoms with Crippen molar-refractivity contribution < 1.29 is 29.4 Å². The van der Waals surface area contributed by atoms with Crippen LogP contribution in [0.25, 0.3) is 0 Å². The van der Waals surface area contributed by atoms with E-state index in [9.17, 15) is 24.3 Å². The van der Waals surface area contributed by atoms with E-state index < -0.39 is 29.1 Å². The first-order valence-corrected chi connectivity index (χ1v) is 9.80. The average Bonchev–Trinajstić information content (AvgIpc) is 2.63. The number of Topliss-reactive ketones (excluding diaryl/α,β-unsaturated/α-hetero) is 2. The number of amides is 2. The number of ketones is 2. The number of nitrogens with two attached hydrogens (primary N) is 1. The average molecular weight is 404 g/mol. The van der Waals surface area contributed by atoms with Gasteiger partial charge in [0.05, 0.1) is 6.61 Å². The highest BCUT2D eigenvalue weighted by Crippen LogP contribution is 2.43. The topological polar surface area (TPSA) is 147 Å². The number of hydrogen-bond donors (Lipinski definition) is 4. The second-order valence-electron chi connectivity index (χ2n) is 7.62. The van der Waals surface area contributed by atoms with Crippen molar-refractivity contribution in [1.29, 1.82) is 0 Å². The summed E-state index contributed by atoms with van der Waals surface area (Å²) in [4.78, 5) is 48.0. The molecule has 0 unspecified atom stereocenters. The van der Waals surface area contributed by atoms with Gasteiger partial charge in [0.1, 0.15) is 11.2 Å². The summed E-state index contributed by atoms with van der Waals surface area (Å²) in [5, 5.41) is 21.0. The van der Waals surface area contributed by atoms with Gasteiger partial charge < -0.3 is 21.3 Å². The van der Waals surface area contributed by atoms with Crippen molar-refractivity contribution in [2.24, 2.45) is 17.1 Å². The normalized spacial score (nSPS) is 15.8. The fourth-order valence-electron chi connectivity index (χ4n) is 3.61. The lowest BCUT2D eigenvalue weighted by molar-refractivity contribution is -0.162. The Morgan fingerprint density at radius 3 is 2.21 bits per heavy atom. The molecule has 29 heavy (non-hydrogen) atoms. The Bertz CT molecular complexity index is 755. The Hall–Kier alpha value is -2.74. The molecule has 0 saturated heterocycles. The van der Waals surface area contributed by atoms with Crippen LogP contribution in [0, 0.1) is 11.3 Å². The van der Waals surface area contributed by atoms with E-state index in [-0.39, 0.29) is 31.8 Å². The second-order valence-corrected chi connectivity index (χ2v) is 7.62.